The van der Waals surface area contributed by atoms with Crippen molar-refractivity contribution in [2.75, 3.05) is 5.75 Å². The van der Waals surface area contributed by atoms with E-state index in [-0.39, 0.29) is 18.6 Å². The van der Waals surface area contributed by atoms with Gasteiger partial charge in [-0.25, -0.2) is 16.8 Å². The summed E-state index contributed by atoms with van der Waals surface area (Å²) in [4.78, 5) is 0. The van der Waals surface area contributed by atoms with Crippen molar-refractivity contribution in [3.8, 4) is 0 Å². The number of sulfone groups is 1. The molecule has 1 rings (SSSR count). The van der Waals surface area contributed by atoms with Crippen molar-refractivity contribution in [3.63, 3.8) is 0 Å². The minimum absolute atomic E-state index is 0.127. The quantitative estimate of drug-likeness (QED) is 0.761. The number of nitrogens with one attached hydrogen (secondary N) is 1. The molecule has 1 aliphatic rings. The van der Waals surface area contributed by atoms with Crippen LogP contribution in [0.5, 0.6) is 0 Å². The Morgan fingerprint density at radius 2 is 1.80 bits per heavy atom. The van der Waals surface area contributed by atoms with Crippen molar-refractivity contribution >= 4 is 19.9 Å². The van der Waals surface area contributed by atoms with Crippen molar-refractivity contribution in [2.45, 2.75) is 23.7 Å². The lowest BCUT2D eigenvalue weighted by Gasteiger charge is -2.13. The van der Waals surface area contributed by atoms with Crippen LogP contribution in [0.3, 0.4) is 0 Å². The highest BCUT2D eigenvalue weighted by molar-refractivity contribution is 7.94. The van der Waals surface area contributed by atoms with Gasteiger partial charge in [0.2, 0.25) is 0 Å². The third-order valence-corrected chi connectivity index (χ3v) is 5.35. The molecule has 0 amide bonds. The summed E-state index contributed by atoms with van der Waals surface area (Å²) in [7, 11) is -9.35. The fourth-order valence-electron chi connectivity index (χ4n) is 1.16. The Kier molecular flexibility index (Phi) is 3.05. The standard InChI is InChI=1S/C5H8F3NO4S2/c6-5(7,8)15(12,13)9-4-2-1-3-14(4,10)11/h4,9H,1-3H2. The van der Waals surface area contributed by atoms with Crippen LogP contribution in [0.4, 0.5) is 13.2 Å². The zero-order valence-corrected chi connectivity index (χ0v) is 8.92. The SMILES string of the molecule is O=S1(=O)CCCC1NS(=O)(=O)C(F)(F)F. The van der Waals surface area contributed by atoms with Crippen molar-refractivity contribution in [1.29, 1.82) is 0 Å². The van der Waals surface area contributed by atoms with Gasteiger partial charge in [-0.2, -0.15) is 17.9 Å². The summed E-state index contributed by atoms with van der Waals surface area (Å²) in [5.41, 5.74) is -5.48. The second-order valence-corrected chi connectivity index (χ2v) is 7.07. The van der Waals surface area contributed by atoms with Crippen LogP contribution < -0.4 is 4.72 Å². The molecule has 1 saturated heterocycles. The Balaban J connectivity index is 2.89. The highest BCUT2D eigenvalue weighted by Crippen LogP contribution is 2.25. The van der Waals surface area contributed by atoms with E-state index in [2.05, 4.69) is 0 Å². The number of halogens is 3. The van der Waals surface area contributed by atoms with E-state index in [1.54, 1.807) is 0 Å². The molecule has 1 N–H and O–H groups in total. The summed E-state index contributed by atoms with van der Waals surface area (Å²) in [6, 6.07) is 0. The molecule has 1 atom stereocenters. The van der Waals surface area contributed by atoms with Gasteiger partial charge >= 0.3 is 15.5 Å². The number of alkyl halides is 3. The van der Waals surface area contributed by atoms with Crippen molar-refractivity contribution in [1.82, 2.24) is 4.72 Å². The monoisotopic (exact) mass is 267 g/mol. The van der Waals surface area contributed by atoms with Gasteiger partial charge in [-0.1, -0.05) is 0 Å². The predicted octanol–water partition coefficient (Wildman–Crippen LogP) is -0.0397. The van der Waals surface area contributed by atoms with Crippen LogP contribution in [0.1, 0.15) is 12.8 Å². The topological polar surface area (TPSA) is 80.3 Å². The van der Waals surface area contributed by atoms with Gasteiger partial charge in [-0.05, 0) is 12.8 Å². The molecule has 0 bridgehead atoms. The van der Waals surface area contributed by atoms with Crippen LogP contribution in [-0.2, 0) is 19.9 Å². The third-order valence-electron chi connectivity index (χ3n) is 1.92. The molecule has 0 aromatic rings. The average Bonchev–Trinajstić information content (AvgIpc) is 2.27. The molecular weight excluding hydrogens is 259 g/mol. The van der Waals surface area contributed by atoms with E-state index in [1.165, 1.54) is 0 Å². The van der Waals surface area contributed by atoms with E-state index in [4.69, 9.17) is 0 Å². The lowest BCUT2D eigenvalue weighted by molar-refractivity contribution is -0.0448. The Bertz CT molecular complexity index is 437. The zero-order chi connectivity index (χ0) is 11.9. The summed E-state index contributed by atoms with van der Waals surface area (Å²) in [6.07, 6.45) is 0.0328. The van der Waals surface area contributed by atoms with Crippen LogP contribution in [0, 0.1) is 0 Å². The first kappa shape index (κ1) is 12.7. The smallest absolute Gasteiger partial charge is 0.227 e. The van der Waals surface area contributed by atoms with Gasteiger partial charge in [-0.3, -0.25) is 0 Å². The Morgan fingerprint density at radius 3 is 2.13 bits per heavy atom. The minimum atomic E-state index is -5.58. The number of rotatable bonds is 2. The molecule has 1 unspecified atom stereocenters. The number of hydrogen-bond donors (Lipinski definition) is 1. The van der Waals surface area contributed by atoms with Crippen LogP contribution in [0.2, 0.25) is 0 Å². The molecule has 0 aromatic heterocycles. The van der Waals surface area contributed by atoms with E-state index >= 15 is 0 Å². The molecular formula is C5H8F3NO4S2. The largest absolute Gasteiger partial charge is 0.511 e. The van der Waals surface area contributed by atoms with Gasteiger partial charge in [0.25, 0.3) is 0 Å². The summed E-state index contributed by atoms with van der Waals surface area (Å²) < 4.78 is 80.2. The summed E-state index contributed by atoms with van der Waals surface area (Å²) >= 11 is 0. The third kappa shape index (κ3) is 2.61. The minimum Gasteiger partial charge on any atom is -0.227 e. The van der Waals surface area contributed by atoms with Crippen LogP contribution >= 0.6 is 0 Å². The molecule has 0 radical (unpaired) electrons. The first-order valence-corrected chi connectivity index (χ1v) is 7.06. The highest BCUT2D eigenvalue weighted by atomic mass is 32.2. The van der Waals surface area contributed by atoms with E-state index in [0.29, 0.717) is 0 Å². The van der Waals surface area contributed by atoms with Gasteiger partial charge in [0.15, 0.2) is 9.84 Å². The van der Waals surface area contributed by atoms with Gasteiger partial charge in [0.05, 0.1) is 5.75 Å². The molecule has 10 heteroatoms. The normalized spacial score (nSPS) is 26.7. The van der Waals surface area contributed by atoms with Crippen LogP contribution in [-0.4, -0.2) is 33.5 Å². The fraction of sp³-hybridized carbons (Fsp3) is 1.00. The first-order valence-electron chi connectivity index (χ1n) is 3.86. The molecule has 1 heterocycles. The molecule has 0 aliphatic carbocycles. The molecule has 0 saturated carbocycles. The van der Waals surface area contributed by atoms with Crippen LogP contribution in [0.25, 0.3) is 0 Å². The van der Waals surface area contributed by atoms with Gasteiger partial charge in [0, 0.05) is 0 Å². The van der Waals surface area contributed by atoms with Crippen molar-refractivity contribution < 1.29 is 30.0 Å². The van der Waals surface area contributed by atoms with E-state index in [1.807, 2.05) is 0 Å². The summed E-state index contributed by atoms with van der Waals surface area (Å²) in [5.74, 6) is -0.294. The van der Waals surface area contributed by atoms with E-state index in [9.17, 15) is 30.0 Å². The maximum absolute atomic E-state index is 11.9. The maximum Gasteiger partial charge on any atom is 0.511 e. The molecule has 1 aliphatic heterocycles. The summed E-state index contributed by atoms with van der Waals surface area (Å²) in [6.45, 7) is 0. The van der Waals surface area contributed by atoms with Gasteiger partial charge < -0.3 is 0 Å². The fourth-order valence-corrected chi connectivity index (χ4v) is 4.11. The first-order chi connectivity index (χ1) is 6.56. The average molecular weight is 267 g/mol. The Morgan fingerprint density at radius 1 is 1.27 bits per heavy atom. The Labute approximate surface area is 84.6 Å². The van der Waals surface area contributed by atoms with Gasteiger partial charge in [-0.15, -0.1) is 0 Å². The van der Waals surface area contributed by atoms with Crippen molar-refractivity contribution in [2.24, 2.45) is 0 Å². The molecule has 0 aromatic carbocycles. The second-order valence-electron chi connectivity index (χ2n) is 3.06. The number of sulfonamides is 1. The second kappa shape index (κ2) is 3.59. The van der Waals surface area contributed by atoms with Gasteiger partial charge in [0.1, 0.15) is 5.37 Å². The highest BCUT2D eigenvalue weighted by Gasteiger charge is 2.49. The number of hydrogen-bond acceptors (Lipinski definition) is 4. The summed E-state index contributed by atoms with van der Waals surface area (Å²) in [5, 5.41) is -1.65. The molecule has 15 heavy (non-hydrogen) atoms. The predicted molar refractivity (Wildman–Crippen MR) is 44.9 cm³/mol. The maximum atomic E-state index is 11.9. The van der Waals surface area contributed by atoms with Crippen molar-refractivity contribution in [3.05, 3.63) is 0 Å². The lowest BCUT2D eigenvalue weighted by Crippen LogP contribution is -2.44. The Hall–Kier alpha value is -0.350. The zero-order valence-electron chi connectivity index (χ0n) is 7.28. The van der Waals surface area contributed by atoms with E-state index in [0.717, 1.165) is 4.72 Å². The molecule has 0 spiro atoms. The molecule has 90 valence electrons. The molecule has 1 fully saturated rings. The molecule has 5 nitrogen and oxygen atoms in total. The van der Waals surface area contributed by atoms with E-state index < -0.39 is 30.7 Å². The van der Waals surface area contributed by atoms with Crippen LogP contribution in [0.15, 0.2) is 0 Å². The lowest BCUT2D eigenvalue weighted by atomic mass is 10.3.